The summed E-state index contributed by atoms with van der Waals surface area (Å²) in [6, 6.07) is 15.3. The number of ether oxygens (including phenoxy) is 2. The standard InChI is InChI=1S/C37H43N9O6/c1-21(2)32(43-36(49)51-3)35(48)45-15-5-6-28(45)33-39-16-26(41-33)24-11-7-22(8-12-24)23-9-13-25(14-10-23)27-17-40-34(42-27)29-18-38-30-19-44(37(50)52-4)20-31(47)46(29)30/h7-14,16-17,21,28-30,32,38H,5-6,15,18-20H2,1-4H3,(H,39,41)(H,40,42)(H,43,49)/t28-,29-,30+,32-/m0/s1. The molecule has 3 fully saturated rings. The Morgan fingerprint density at radius 2 is 1.42 bits per heavy atom. The number of alkyl carbamates (subject to hydrolysis) is 1. The Hall–Kier alpha value is -5.70. The highest BCUT2D eigenvalue weighted by Crippen LogP contribution is 2.34. The minimum Gasteiger partial charge on any atom is -0.453 e. The van der Waals surface area contributed by atoms with Gasteiger partial charge in [0.25, 0.3) is 0 Å². The quantitative estimate of drug-likeness (QED) is 0.210. The van der Waals surface area contributed by atoms with E-state index in [-0.39, 0.29) is 42.5 Å². The van der Waals surface area contributed by atoms with Crippen LogP contribution >= 0.6 is 0 Å². The van der Waals surface area contributed by atoms with E-state index in [0.717, 1.165) is 52.3 Å². The average Bonchev–Trinajstić information content (AvgIpc) is 3.99. The number of piperazine rings is 1. The van der Waals surface area contributed by atoms with Crippen LogP contribution in [0.1, 0.15) is 50.4 Å². The number of nitrogens with one attached hydrogen (secondary N) is 4. The van der Waals surface area contributed by atoms with Crippen LogP contribution in [-0.4, -0.2) is 111 Å². The number of aromatic amines is 2. The maximum atomic E-state index is 13.5. The van der Waals surface area contributed by atoms with Crippen molar-refractivity contribution in [2.45, 2.75) is 51.0 Å². The maximum absolute atomic E-state index is 13.5. The number of hydrogen-bond acceptors (Lipinski definition) is 9. The second-order valence-corrected chi connectivity index (χ2v) is 13.7. The van der Waals surface area contributed by atoms with E-state index in [1.807, 2.05) is 38.1 Å². The molecule has 3 aliphatic heterocycles. The molecule has 52 heavy (non-hydrogen) atoms. The summed E-state index contributed by atoms with van der Waals surface area (Å²) in [7, 11) is 2.60. The molecule has 2 aromatic heterocycles. The molecular weight excluding hydrogens is 666 g/mol. The number of likely N-dealkylation sites (tertiary alicyclic amines) is 1. The van der Waals surface area contributed by atoms with Crippen LogP contribution in [0.2, 0.25) is 0 Å². The fraction of sp³-hybridized carbons (Fsp3) is 0.405. The zero-order chi connectivity index (χ0) is 36.5. The van der Waals surface area contributed by atoms with Crippen molar-refractivity contribution in [2.75, 3.05) is 40.4 Å². The van der Waals surface area contributed by atoms with Gasteiger partial charge in [-0.1, -0.05) is 62.4 Å². The van der Waals surface area contributed by atoms with Gasteiger partial charge < -0.3 is 34.6 Å². The molecule has 15 nitrogen and oxygen atoms in total. The van der Waals surface area contributed by atoms with Crippen LogP contribution in [0, 0.1) is 5.92 Å². The molecule has 4 atom stereocenters. The number of methoxy groups -OCH3 is 2. The van der Waals surface area contributed by atoms with Crippen LogP contribution in [0.15, 0.2) is 60.9 Å². The molecule has 3 saturated heterocycles. The minimum absolute atomic E-state index is 0.0282. The summed E-state index contributed by atoms with van der Waals surface area (Å²) >= 11 is 0. The highest BCUT2D eigenvalue weighted by Gasteiger charge is 2.44. The lowest BCUT2D eigenvalue weighted by Crippen LogP contribution is -2.58. The lowest BCUT2D eigenvalue weighted by molar-refractivity contribution is -0.139. The van der Waals surface area contributed by atoms with Crippen LogP contribution in [-0.2, 0) is 19.1 Å². The van der Waals surface area contributed by atoms with Crippen LogP contribution in [0.25, 0.3) is 33.6 Å². The lowest BCUT2D eigenvalue weighted by atomic mass is 10.0. The zero-order valence-corrected chi connectivity index (χ0v) is 29.6. The molecule has 0 bridgehead atoms. The topological polar surface area (TPSA) is 178 Å². The summed E-state index contributed by atoms with van der Waals surface area (Å²) in [5.74, 6) is 1.01. The van der Waals surface area contributed by atoms with Crippen molar-refractivity contribution in [1.29, 1.82) is 0 Å². The number of imidazole rings is 2. The number of nitrogens with zero attached hydrogens (tertiary/aromatic N) is 5. The van der Waals surface area contributed by atoms with Gasteiger partial charge in [-0.25, -0.2) is 19.6 Å². The number of amides is 4. The molecule has 272 valence electrons. The van der Waals surface area contributed by atoms with Crippen molar-refractivity contribution < 1.29 is 28.7 Å². The number of rotatable bonds is 8. The SMILES string of the molecule is COC(=O)N[C@H](C(=O)N1CCC[C@H]1c1ncc(-c2ccc(-c3ccc(-c4cnc([C@@H]5CN[C@H]6CN(C(=O)OC)CC(=O)N65)[nH]4)cc3)cc2)[nH]1)C(C)C. The summed E-state index contributed by atoms with van der Waals surface area (Å²) in [5.41, 5.74) is 5.75. The first-order chi connectivity index (χ1) is 25.1. The van der Waals surface area contributed by atoms with Gasteiger partial charge in [0.2, 0.25) is 11.8 Å². The van der Waals surface area contributed by atoms with Crippen LogP contribution in [0.3, 0.4) is 0 Å². The molecule has 0 aliphatic carbocycles. The molecule has 2 aromatic carbocycles. The Kier molecular flexibility index (Phi) is 9.69. The van der Waals surface area contributed by atoms with Gasteiger partial charge in [-0.3, -0.25) is 19.8 Å². The second kappa shape index (κ2) is 14.5. The predicted molar refractivity (Wildman–Crippen MR) is 190 cm³/mol. The van der Waals surface area contributed by atoms with Crippen molar-refractivity contribution in [2.24, 2.45) is 5.92 Å². The highest BCUT2D eigenvalue weighted by atomic mass is 16.5. The molecule has 7 rings (SSSR count). The van der Waals surface area contributed by atoms with Gasteiger partial charge >= 0.3 is 12.2 Å². The summed E-state index contributed by atoms with van der Waals surface area (Å²) < 4.78 is 9.55. The molecule has 5 heterocycles. The number of carbonyl (C=O) groups excluding carboxylic acids is 4. The molecular formula is C37H43N9O6. The number of benzene rings is 2. The summed E-state index contributed by atoms with van der Waals surface area (Å²) in [6.07, 6.45) is 3.77. The first kappa shape index (κ1) is 34.7. The van der Waals surface area contributed by atoms with Crippen LogP contribution in [0.5, 0.6) is 0 Å². The molecule has 3 aliphatic rings. The van der Waals surface area contributed by atoms with E-state index in [4.69, 9.17) is 9.47 Å². The fourth-order valence-corrected chi connectivity index (χ4v) is 7.36. The second-order valence-electron chi connectivity index (χ2n) is 13.7. The van der Waals surface area contributed by atoms with Crippen molar-refractivity contribution in [3.05, 3.63) is 72.6 Å². The van der Waals surface area contributed by atoms with Crippen LogP contribution in [0.4, 0.5) is 9.59 Å². The van der Waals surface area contributed by atoms with E-state index in [9.17, 15) is 19.2 Å². The Morgan fingerprint density at radius 1 is 0.846 bits per heavy atom. The number of hydrogen-bond donors (Lipinski definition) is 4. The molecule has 0 unspecified atom stereocenters. The van der Waals surface area contributed by atoms with Crippen molar-refractivity contribution in [3.8, 4) is 33.6 Å². The number of fused-ring (bicyclic) bond motifs is 1. The van der Waals surface area contributed by atoms with Crippen LogP contribution < -0.4 is 10.6 Å². The number of aromatic nitrogens is 4. The van der Waals surface area contributed by atoms with E-state index in [2.05, 4.69) is 54.8 Å². The van der Waals surface area contributed by atoms with Gasteiger partial charge in [-0.05, 0) is 41.0 Å². The average molecular weight is 710 g/mol. The monoisotopic (exact) mass is 709 g/mol. The first-order valence-corrected chi connectivity index (χ1v) is 17.5. The molecule has 4 amide bonds. The molecule has 4 N–H and O–H groups in total. The molecule has 15 heteroatoms. The largest absolute Gasteiger partial charge is 0.453 e. The van der Waals surface area contributed by atoms with E-state index >= 15 is 0 Å². The van der Waals surface area contributed by atoms with E-state index in [1.54, 1.807) is 22.2 Å². The van der Waals surface area contributed by atoms with E-state index < -0.39 is 18.2 Å². The van der Waals surface area contributed by atoms with Gasteiger partial charge in [0, 0.05) is 13.1 Å². The van der Waals surface area contributed by atoms with Gasteiger partial charge in [-0.15, -0.1) is 0 Å². The van der Waals surface area contributed by atoms with E-state index in [1.165, 1.54) is 19.1 Å². The minimum atomic E-state index is -0.686. The van der Waals surface area contributed by atoms with Gasteiger partial charge in [0.05, 0.1) is 50.6 Å². The maximum Gasteiger partial charge on any atom is 0.410 e. The predicted octanol–water partition coefficient (Wildman–Crippen LogP) is 4.06. The normalized spacial score (nSPS) is 20.6. The van der Waals surface area contributed by atoms with Gasteiger partial charge in [-0.2, -0.15) is 0 Å². The van der Waals surface area contributed by atoms with Gasteiger partial charge in [0.1, 0.15) is 36.4 Å². The first-order valence-electron chi connectivity index (χ1n) is 17.5. The third-order valence-electron chi connectivity index (χ3n) is 10.1. The Bertz CT molecular complexity index is 1940. The third-order valence-corrected chi connectivity index (χ3v) is 10.1. The fourth-order valence-electron chi connectivity index (χ4n) is 7.36. The highest BCUT2D eigenvalue weighted by molar-refractivity contribution is 5.86. The molecule has 4 aromatic rings. The summed E-state index contributed by atoms with van der Waals surface area (Å²) in [4.78, 5) is 71.5. The smallest absolute Gasteiger partial charge is 0.410 e. The molecule has 0 radical (unpaired) electrons. The third kappa shape index (κ3) is 6.70. The summed E-state index contributed by atoms with van der Waals surface area (Å²) in [6.45, 7) is 5.24. The van der Waals surface area contributed by atoms with Crippen molar-refractivity contribution >= 4 is 24.0 Å². The van der Waals surface area contributed by atoms with Gasteiger partial charge in [0.15, 0.2) is 0 Å². The Labute approximate surface area is 301 Å². The number of H-pyrrole nitrogens is 2. The molecule has 0 saturated carbocycles. The Morgan fingerprint density at radius 3 is 1.98 bits per heavy atom. The van der Waals surface area contributed by atoms with Crippen molar-refractivity contribution in [3.63, 3.8) is 0 Å². The molecule has 0 spiro atoms. The zero-order valence-electron chi connectivity index (χ0n) is 29.6. The summed E-state index contributed by atoms with van der Waals surface area (Å²) in [5, 5.41) is 6.02. The number of carbonyl (C=O) groups is 4. The lowest BCUT2D eigenvalue weighted by Gasteiger charge is -2.37. The Balaban J connectivity index is 0.997. The van der Waals surface area contributed by atoms with E-state index in [0.29, 0.717) is 25.5 Å². The van der Waals surface area contributed by atoms with Crippen molar-refractivity contribution in [1.82, 2.24) is 45.3 Å².